The van der Waals surface area contributed by atoms with Crippen molar-refractivity contribution in [1.29, 1.82) is 0 Å². The van der Waals surface area contributed by atoms with Crippen molar-refractivity contribution in [3.8, 4) is 0 Å². The van der Waals surface area contributed by atoms with E-state index in [1.165, 1.54) is 9.75 Å². The summed E-state index contributed by atoms with van der Waals surface area (Å²) in [5.74, 6) is 0. The van der Waals surface area contributed by atoms with E-state index in [9.17, 15) is 0 Å². The van der Waals surface area contributed by atoms with Crippen molar-refractivity contribution in [1.82, 2.24) is 14.7 Å². The maximum Gasteiger partial charge on any atom is 0.137 e. The van der Waals surface area contributed by atoms with E-state index in [2.05, 4.69) is 35.6 Å². The molecule has 0 radical (unpaired) electrons. The van der Waals surface area contributed by atoms with Crippen LogP contribution in [-0.2, 0) is 13.1 Å². The molecule has 0 unspecified atom stereocenters. The van der Waals surface area contributed by atoms with Gasteiger partial charge in [-0.1, -0.05) is 6.07 Å². The summed E-state index contributed by atoms with van der Waals surface area (Å²) in [6, 6.07) is 10.4. The minimum atomic E-state index is 0.804. The molecule has 0 aliphatic heterocycles. The summed E-state index contributed by atoms with van der Waals surface area (Å²) in [7, 11) is 0. The summed E-state index contributed by atoms with van der Waals surface area (Å²) in [6.45, 7) is 3.85. The number of thiophene rings is 1. The standard InChI is InChI=1S/C14H15N3S/c1-11-5-6-13(18-11)9-15-8-12-10-17-7-3-2-4-14(17)16-12/h2-7,10,15H,8-9H2,1H3. The second kappa shape index (κ2) is 4.92. The van der Waals surface area contributed by atoms with Crippen LogP contribution in [0.15, 0.2) is 42.7 Å². The highest BCUT2D eigenvalue weighted by molar-refractivity contribution is 7.11. The van der Waals surface area contributed by atoms with Gasteiger partial charge in [-0.15, -0.1) is 11.3 Å². The molecule has 0 saturated heterocycles. The third-order valence-corrected chi connectivity index (χ3v) is 3.82. The van der Waals surface area contributed by atoms with Gasteiger partial charge in [0.05, 0.1) is 5.69 Å². The molecule has 3 aromatic rings. The van der Waals surface area contributed by atoms with Crippen LogP contribution in [0.5, 0.6) is 0 Å². The number of pyridine rings is 1. The zero-order chi connectivity index (χ0) is 12.4. The molecule has 0 spiro atoms. The Morgan fingerprint density at radius 2 is 2.17 bits per heavy atom. The van der Waals surface area contributed by atoms with Crippen LogP contribution in [0, 0.1) is 6.92 Å². The molecule has 0 atom stereocenters. The van der Waals surface area contributed by atoms with E-state index in [-0.39, 0.29) is 0 Å². The molecule has 3 rings (SSSR count). The molecule has 0 amide bonds. The Morgan fingerprint density at radius 3 is 2.94 bits per heavy atom. The first-order chi connectivity index (χ1) is 8.81. The molecular formula is C14H15N3S. The van der Waals surface area contributed by atoms with Crippen LogP contribution in [0.1, 0.15) is 15.4 Å². The average molecular weight is 257 g/mol. The van der Waals surface area contributed by atoms with Crippen molar-refractivity contribution in [2.75, 3.05) is 0 Å². The number of aromatic nitrogens is 2. The number of aryl methyl sites for hydroxylation is 1. The summed E-state index contributed by atoms with van der Waals surface area (Å²) >= 11 is 1.84. The highest BCUT2D eigenvalue weighted by Gasteiger charge is 2.01. The lowest BCUT2D eigenvalue weighted by Crippen LogP contribution is -2.11. The largest absolute Gasteiger partial charge is 0.307 e. The molecule has 0 aliphatic carbocycles. The molecule has 3 aromatic heterocycles. The van der Waals surface area contributed by atoms with Gasteiger partial charge in [0.1, 0.15) is 5.65 Å². The predicted octanol–water partition coefficient (Wildman–Crippen LogP) is 2.99. The van der Waals surface area contributed by atoms with Crippen LogP contribution in [0.25, 0.3) is 5.65 Å². The zero-order valence-electron chi connectivity index (χ0n) is 10.3. The molecule has 0 fully saturated rings. The minimum absolute atomic E-state index is 0.804. The fraction of sp³-hybridized carbons (Fsp3) is 0.214. The maximum atomic E-state index is 4.55. The number of hydrogen-bond acceptors (Lipinski definition) is 3. The third-order valence-electron chi connectivity index (χ3n) is 2.82. The lowest BCUT2D eigenvalue weighted by Gasteiger charge is -1.99. The van der Waals surface area contributed by atoms with Gasteiger partial charge in [-0.3, -0.25) is 0 Å². The molecule has 4 heteroatoms. The lowest BCUT2D eigenvalue weighted by atomic mass is 10.4. The van der Waals surface area contributed by atoms with Gasteiger partial charge >= 0.3 is 0 Å². The van der Waals surface area contributed by atoms with Crippen LogP contribution >= 0.6 is 11.3 Å². The number of hydrogen-bond donors (Lipinski definition) is 1. The number of fused-ring (bicyclic) bond motifs is 1. The first-order valence-corrected chi connectivity index (χ1v) is 6.81. The van der Waals surface area contributed by atoms with Crippen LogP contribution in [0.4, 0.5) is 0 Å². The molecule has 1 N–H and O–H groups in total. The number of nitrogens with one attached hydrogen (secondary N) is 1. The predicted molar refractivity (Wildman–Crippen MR) is 74.8 cm³/mol. The second-order valence-electron chi connectivity index (χ2n) is 4.31. The smallest absolute Gasteiger partial charge is 0.137 e. The van der Waals surface area contributed by atoms with Crippen LogP contribution < -0.4 is 5.32 Å². The summed E-state index contributed by atoms with van der Waals surface area (Å²) < 4.78 is 2.05. The van der Waals surface area contributed by atoms with Gasteiger partial charge in [0.25, 0.3) is 0 Å². The normalized spacial score (nSPS) is 11.2. The van der Waals surface area contributed by atoms with Gasteiger partial charge < -0.3 is 9.72 Å². The Balaban J connectivity index is 1.62. The Bertz CT molecular complexity index is 621. The Hall–Kier alpha value is -1.65. The monoisotopic (exact) mass is 257 g/mol. The Kier molecular flexibility index (Phi) is 3.13. The van der Waals surface area contributed by atoms with Crippen molar-refractivity contribution < 1.29 is 0 Å². The topological polar surface area (TPSA) is 29.3 Å². The van der Waals surface area contributed by atoms with E-state index in [0.29, 0.717) is 0 Å². The van der Waals surface area contributed by atoms with E-state index >= 15 is 0 Å². The molecule has 92 valence electrons. The van der Waals surface area contributed by atoms with E-state index in [1.54, 1.807) is 0 Å². The minimum Gasteiger partial charge on any atom is -0.307 e. The number of imidazole rings is 1. The highest BCUT2D eigenvalue weighted by Crippen LogP contribution is 2.14. The van der Waals surface area contributed by atoms with Gasteiger partial charge in [0.15, 0.2) is 0 Å². The number of rotatable bonds is 4. The molecule has 0 bridgehead atoms. The van der Waals surface area contributed by atoms with Gasteiger partial charge in [0.2, 0.25) is 0 Å². The molecule has 3 heterocycles. The first kappa shape index (κ1) is 11.4. The van der Waals surface area contributed by atoms with E-state index in [4.69, 9.17) is 0 Å². The van der Waals surface area contributed by atoms with E-state index in [0.717, 1.165) is 24.4 Å². The number of nitrogens with zero attached hydrogens (tertiary/aromatic N) is 2. The molecule has 3 nitrogen and oxygen atoms in total. The van der Waals surface area contributed by atoms with Crippen molar-refractivity contribution >= 4 is 17.0 Å². The molecule has 0 aromatic carbocycles. The molecule has 18 heavy (non-hydrogen) atoms. The molecule has 0 saturated carbocycles. The van der Waals surface area contributed by atoms with Crippen molar-refractivity contribution in [3.05, 3.63) is 58.2 Å². The van der Waals surface area contributed by atoms with Crippen LogP contribution in [0.2, 0.25) is 0 Å². The maximum absolute atomic E-state index is 4.55. The Morgan fingerprint density at radius 1 is 1.22 bits per heavy atom. The fourth-order valence-electron chi connectivity index (χ4n) is 1.97. The zero-order valence-corrected chi connectivity index (χ0v) is 11.1. The van der Waals surface area contributed by atoms with Gasteiger partial charge in [0, 0.05) is 35.2 Å². The summed E-state index contributed by atoms with van der Waals surface area (Å²) in [6.07, 6.45) is 4.09. The van der Waals surface area contributed by atoms with Crippen molar-refractivity contribution in [2.24, 2.45) is 0 Å². The third kappa shape index (κ3) is 2.44. The van der Waals surface area contributed by atoms with Gasteiger partial charge in [-0.25, -0.2) is 4.98 Å². The van der Waals surface area contributed by atoms with Crippen LogP contribution in [-0.4, -0.2) is 9.38 Å². The second-order valence-corrected chi connectivity index (χ2v) is 5.69. The molecule has 0 aliphatic rings. The fourth-order valence-corrected chi connectivity index (χ4v) is 2.83. The summed E-state index contributed by atoms with van der Waals surface area (Å²) in [5, 5.41) is 3.43. The first-order valence-electron chi connectivity index (χ1n) is 6.00. The average Bonchev–Trinajstić information content (AvgIpc) is 2.95. The quantitative estimate of drug-likeness (QED) is 0.778. The summed E-state index contributed by atoms with van der Waals surface area (Å²) in [5.41, 5.74) is 2.08. The van der Waals surface area contributed by atoms with Crippen LogP contribution in [0.3, 0.4) is 0 Å². The van der Waals surface area contributed by atoms with Gasteiger partial charge in [-0.2, -0.15) is 0 Å². The lowest BCUT2D eigenvalue weighted by molar-refractivity contribution is 0.690. The SMILES string of the molecule is Cc1ccc(CNCc2cn3ccccc3n2)s1. The van der Waals surface area contributed by atoms with E-state index < -0.39 is 0 Å². The van der Waals surface area contributed by atoms with Crippen molar-refractivity contribution in [3.63, 3.8) is 0 Å². The summed E-state index contributed by atoms with van der Waals surface area (Å²) in [4.78, 5) is 7.29. The van der Waals surface area contributed by atoms with E-state index in [1.807, 2.05) is 40.1 Å². The molecular weight excluding hydrogens is 242 g/mol. The highest BCUT2D eigenvalue weighted by atomic mass is 32.1. The Labute approximate surface area is 110 Å². The van der Waals surface area contributed by atoms with Gasteiger partial charge in [-0.05, 0) is 31.2 Å². The van der Waals surface area contributed by atoms with Crippen molar-refractivity contribution in [2.45, 2.75) is 20.0 Å².